The highest BCUT2D eigenvalue weighted by atomic mass is 35.5. The second-order valence-electron chi connectivity index (χ2n) is 4.98. The van der Waals surface area contributed by atoms with Crippen LogP contribution in [0.2, 0.25) is 5.02 Å². The lowest BCUT2D eigenvalue weighted by atomic mass is 10.1. The molecule has 0 bridgehead atoms. The van der Waals surface area contributed by atoms with Gasteiger partial charge in [0.2, 0.25) is 5.13 Å². The Morgan fingerprint density at radius 3 is 2.83 bits per heavy atom. The number of hydrogen-bond acceptors (Lipinski definition) is 7. The Labute approximate surface area is 155 Å². The molecule has 2 aromatic rings. The number of thioether (sulfide) groups is 1. The Morgan fingerprint density at radius 2 is 2.12 bits per heavy atom. The van der Waals surface area contributed by atoms with E-state index in [1.54, 1.807) is 24.3 Å². The topological polar surface area (TPSA) is 64.1 Å². The number of ether oxygens (including phenoxy) is 1. The predicted molar refractivity (Wildman–Crippen MR) is 101 cm³/mol. The third-order valence-corrected chi connectivity index (χ3v) is 5.44. The zero-order chi connectivity index (χ0) is 17.4. The van der Waals surface area contributed by atoms with E-state index >= 15 is 0 Å². The summed E-state index contributed by atoms with van der Waals surface area (Å²) in [5.74, 6) is 0.0538. The summed E-state index contributed by atoms with van der Waals surface area (Å²) in [5, 5.41) is 12.6. The summed E-state index contributed by atoms with van der Waals surface area (Å²) < 4.78 is 6.06. The predicted octanol–water partition coefficient (Wildman–Crippen LogP) is 4.39. The molecule has 1 aromatic heterocycles. The Bertz CT molecular complexity index is 649. The van der Waals surface area contributed by atoms with Crippen LogP contribution < -0.4 is 5.32 Å². The largest absolute Gasteiger partial charge is 0.382 e. The molecule has 0 saturated heterocycles. The SMILES string of the molecule is CCOCCCNc1nnc(S[C@@H](C)C(=O)c2ccc(Cl)cc2)s1. The van der Waals surface area contributed by atoms with Gasteiger partial charge < -0.3 is 10.1 Å². The van der Waals surface area contributed by atoms with E-state index in [4.69, 9.17) is 16.3 Å². The summed E-state index contributed by atoms with van der Waals surface area (Å²) in [6.07, 6.45) is 0.918. The minimum atomic E-state index is -0.232. The van der Waals surface area contributed by atoms with Gasteiger partial charge in [-0.1, -0.05) is 34.7 Å². The molecule has 8 heteroatoms. The van der Waals surface area contributed by atoms with Gasteiger partial charge in [-0.05, 0) is 44.5 Å². The molecule has 0 unspecified atom stereocenters. The fourth-order valence-electron chi connectivity index (χ4n) is 1.90. The molecular weight excluding hydrogens is 366 g/mol. The van der Waals surface area contributed by atoms with E-state index in [2.05, 4.69) is 15.5 Å². The van der Waals surface area contributed by atoms with Gasteiger partial charge in [0.1, 0.15) is 0 Å². The van der Waals surface area contributed by atoms with Crippen LogP contribution in [0.25, 0.3) is 0 Å². The van der Waals surface area contributed by atoms with Crippen molar-refractivity contribution in [2.75, 3.05) is 25.1 Å². The van der Waals surface area contributed by atoms with Crippen molar-refractivity contribution in [1.82, 2.24) is 10.2 Å². The first kappa shape index (κ1) is 19.2. The first-order valence-electron chi connectivity index (χ1n) is 7.71. The molecule has 0 aliphatic carbocycles. The quantitative estimate of drug-likeness (QED) is 0.371. The maximum absolute atomic E-state index is 12.4. The molecule has 0 saturated carbocycles. The van der Waals surface area contributed by atoms with Crippen LogP contribution >= 0.6 is 34.7 Å². The number of anilines is 1. The zero-order valence-corrected chi connectivity index (χ0v) is 16.0. The van der Waals surface area contributed by atoms with Gasteiger partial charge in [0.05, 0.1) is 5.25 Å². The fourth-order valence-corrected chi connectivity index (χ4v) is 4.02. The summed E-state index contributed by atoms with van der Waals surface area (Å²) in [7, 11) is 0. The van der Waals surface area contributed by atoms with Gasteiger partial charge >= 0.3 is 0 Å². The summed E-state index contributed by atoms with van der Waals surface area (Å²) >= 11 is 8.72. The molecule has 0 radical (unpaired) electrons. The molecule has 130 valence electrons. The molecule has 1 N–H and O–H groups in total. The summed E-state index contributed by atoms with van der Waals surface area (Å²) in [5.41, 5.74) is 0.651. The van der Waals surface area contributed by atoms with Crippen LogP contribution in [0, 0.1) is 0 Å². The molecule has 1 aromatic carbocycles. The third-order valence-electron chi connectivity index (χ3n) is 3.13. The summed E-state index contributed by atoms with van der Waals surface area (Å²) in [6.45, 7) is 6.11. The Morgan fingerprint density at radius 1 is 1.38 bits per heavy atom. The van der Waals surface area contributed by atoms with Gasteiger partial charge in [-0.25, -0.2) is 0 Å². The Hall–Kier alpha value is -1.15. The molecule has 0 spiro atoms. The number of Topliss-reactive ketones (excluding diaryl/α,β-unsaturated/α-hetero) is 1. The Balaban J connectivity index is 1.82. The number of halogens is 1. The molecule has 24 heavy (non-hydrogen) atoms. The number of nitrogens with one attached hydrogen (secondary N) is 1. The molecule has 1 heterocycles. The summed E-state index contributed by atoms with van der Waals surface area (Å²) in [4.78, 5) is 12.4. The number of aromatic nitrogens is 2. The van der Waals surface area contributed by atoms with Crippen LogP contribution in [0.15, 0.2) is 28.6 Å². The van der Waals surface area contributed by atoms with Crippen LogP contribution in [0.3, 0.4) is 0 Å². The molecule has 0 amide bonds. The van der Waals surface area contributed by atoms with Gasteiger partial charge in [0, 0.05) is 30.3 Å². The van der Waals surface area contributed by atoms with Crippen LogP contribution in [0.5, 0.6) is 0 Å². The monoisotopic (exact) mass is 385 g/mol. The van der Waals surface area contributed by atoms with Crippen molar-refractivity contribution in [3.63, 3.8) is 0 Å². The fraction of sp³-hybridized carbons (Fsp3) is 0.438. The van der Waals surface area contributed by atoms with E-state index in [-0.39, 0.29) is 11.0 Å². The molecular formula is C16H20ClN3O2S2. The van der Waals surface area contributed by atoms with Crippen LogP contribution in [0.4, 0.5) is 5.13 Å². The van der Waals surface area contributed by atoms with Gasteiger partial charge in [-0.3, -0.25) is 4.79 Å². The highest BCUT2D eigenvalue weighted by Gasteiger charge is 2.18. The Kier molecular flexibility index (Phi) is 7.98. The molecule has 1 atom stereocenters. The number of carbonyl (C=O) groups is 1. The van der Waals surface area contributed by atoms with E-state index in [9.17, 15) is 4.79 Å². The minimum Gasteiger partial charge on any atom is -0.382 e. The summed E-state index contributed by atoms with van der Waals surface area (Å²) in [6, 6.07) is 6.93. The lowest BCUT2D eigenvalue weighted by molar-refractivity contribution is 0.0994. The maximum atomic E-state index is 12.4. The molecule has 0 aliphatic heterocycles. The van der Waals surface area contributed by atoms with Gasteiger partial charge in [-0.2, -0.15) is 0 Å². The number of benzene rings is 1. The van der Waals surface area contributed by atoms with Crippen molar-refractivity contribution in [2.45, 2.75) is 29.9 Å². The first-order chi connectivity index (χ1) is 11.6. The van der Waals surface area contributed by atoms with Crippen molar-refractivity contribution >= 4 is 45.6 Å². The van der Waals surface area contributed by atoms with Gasteiger partial charge in [0.15, 0.2) is 10.1 Å². The average molecular weight is 386 g/mol. The normalized spacial score (nSPS) is 12.1. The van der Waals surface area contributed by atoms with Crippen molar-refractivity contribution in [2.24, 2.45) is 0 Å². The lowest BCUT2D eigenvalue weighted by Gasteiger charge is -2.07. The molecule has 2 rings (SSSR count). The third kappa shape index (κ3) is 6.05. The van der Waals surface area contributed by atoms with Crippen LogP contribution in [-0.4, -0.2) is 41.0 Å². The number of hydrogen-bond donors (Lipinski definition) is 1. The second kappa shape index (κ2) is 9.98. The minimum absolute atomic E-state index is 0.0538. The maximum Gasteiger partial charge on any atom is 0.206 e. The highest BCUT2D eigenvalue weighted by molar-refractivity contribution is 8.02. The molecule has 5 nitrogen and oxygen atoms in total. The van der Waals surface area contributed by atoms with Crippen molar-refractivity contribution < 1.29 is 9.53 Å². The van der Waals surface area contributed by atoms with Gasteiger partial charge in [-0.15, -0.1) is 10.2 Å². The van der Waals surface area contributed by atoms with Gasteiger partial charge in [0.25, 0.3) is 0 Å². The van der Waals surface area contributed by atoms with Crippen LogP contribution in [0.1, 0.15) is 30.6 Å². The first-order valence-corrected chi connectivity index (χ1v) is 9.79. The van der Waals surface area contributed by atoms with E-state index in [1.807, 2.05) is 13.8 Å². The van der Waals surface area contributed by atoms with Crippen molar-refractivity contribution in [1.29, 1.82) is 0 Å². The smallest absolute Gasteiger partial charge is 0.206 e. The van der Waals surface area contributed by atoms with E-state index in [1.165, 1.54) is 23.1 Å². The molecule has 0 aliphatic rings. The standard InChI is InChI=1S/C16H20ClN3O2S2/c1-3-22-10-4-9-18-15-19-20-16(24-15)23-11(2)14(21)12-5-7-13(17)8-6-12/h5-8,11H,3-4,9-10H2,1-2H3,(H,18,19)/t11-/m0/s1. The number of carbonyl (C=O) groups excluding carboxylic acids is 1. The van der Waals surface area contributed by atoms with E-state index in [0.29, 0.717) is 10.6 Å². The van der Waals surface area contributed by atoms with Crippen LogP contribution in [-0.2, 0) is 4.74 Å². The van der Waals surface area contributed by atoms with E-state index < -0.39 is 0 Å². The zero-order valence-electron chi connectivity index (χ0n) is 13.6. The lowest BCUT2D eigenvalue weighted by Crippen LogP contribution is -2.13. The van der Waals surface area contributed by atoms with Crippen molar-refractivity contribution in [3.8, 4) is 0 Å². The van der Waals surface area contributed by atoms with Crippen molar-refractivity contribution in [3.05, 3.63) is 34.9 Å². The number of ketones is 1. The average Bonchev–Trinajstić information content (AvgIpc) is 3.02. The number of nitrogens with zero attached hydrogens (tertiary/aromatic N) is 2. The van der Waals surface area contributed by atoms with E-state index in [0.717, 1.165) is 35.7 Å². The highest BCUT2D eigenvalue weighted by Crippen LogP contribution is 2.30. The second-order valence-corrected chi connectivity index (χ2v) is 7.98. The molecule has 0 fully saturated rings. The number of rotatable bonds is 10.